The monoisotopic (exact) mass is 1250 g/mol. The van der Waals surface area contributed by atoms with Crippen molar-refractivity contribution in [2.24, 2.45) is 23.7 Å². The predicted octanol–water partition coefficient (Wildman–Crippen LogP) is 18.1. The van der Waals surface area contributed by atoms with E-state index >= 15 is 0 Å². The van der Waals surface area contributed by atoms with Crippen LogP contribution in [0.2, 0.25) is 0 Å². The first-order valence-electron chi connectivity index (χ1n) is 34.2. The van der Waals surface area contributed by atoms with Gasteiger partial charge in [0, 0.05) is 25.7 Å². The van der Waals surface area contributed by atoms with Crippen LogP contribution in [-0.4, -0.2) is 96.7 Å². The molecule has 0 amide bonds. The summed E-state index contributed by atoms with van der Waals surface area (Å²) in [4.78, 5) is 72.3. The molecule has 3 unspecified atom stereocenters. The minimum atomic E-state index is -4.95. The van der Waals surface area contributed by atoms with E-state index in [1.807, 2.05) is 0 Å². The second kappa shape index (κ2) is 56.1. The van der Waals surface area contributed by atoms with Crippen molar-refractivity contribution in [3.05, 3.63) is 0 Å². The maximum absolute atomic E-state index is 13.0. The summed E-state index contributed by atoms with van der Waals surface area (Å²) < 4.78 is 68.1. The van der Waals surface area contributed by atoms with Gasteiger partial charge < -0.3 is 33.8 Å². The molecular formula is C66H128O17P2. The zero-order valence-corrected chi connectivity index (χ0v) is 57.0. The van der Waals surface area contributed by atoms with Crippen LogP contribution in [0.1, 0.15) is 319 Å². The first kappa shape index (κ1) is 83.1. The van der Waals surface area contributed by atoms with E-state index in [1.165, 1.54) is 116 Å². The summed E-state index contributed by atoms with van der Waals surface area (Å²) >= 11 is 0. The van der Waals surface area contributed by atoms with Gasteiger partial charge >= 0.3 is 39.5 Å². The molecule has 17 nitrogen and oxygen atoms in total. The second-order valence-corrected chi connectivity index (χ2v) is 28.4. The fourth-order valence-electron chi connectivity index (χ4n) is 9.75. The molecule has 6 atom stereocenters. The molecule has 0 heterocycles. The minimum absolute atomic E-state index is 0.102. The molecule has 0 aliphatic rings. The van der Waals surface area contributed by atoms with Crippen LogP contribution in [0.5, 0.6) is 0 Å². The van der Waals surface area contributed by atoms with Gasteiger partial charge in [0.05, 0.1) is 26.4 Å². The van der Waals surface area contributed by atoms with Crippen molar-refractivity contribution >= 4 is 39.5 Å². The fraction of sp³-hybridized carbons (Fsp3) is 0.939. The molecule has 0 bridgehead atoms. The number of phosphoric acid groups is 2. The van der Waals surface area contributed by atoms with Crippen molar-refractivity contribution in [1.29, 1.82) is 0 Å². The summed E-state index contributed by atoms with van der Waals surface area (Å²) in [7, 11) is -9.89. The number of hydrogen-bond acceptors (Lipinski definition) is 15. The molecule has 0 aromatic rings. The van der Waals surface area contributed by atoms with Crippen LogP contribution in [0, 0.1) is 23.7 Å². The number of ether oxygens (including phenoxy) is 4. The largest absolute Gasteiger partial charge is 0.472 e. The number of carbonyl (C=O) groups excluding carboxylic acids is 4. The smallest absolute Gasteiger partial charge is 0.462 e. The average Bonchev–Trinajstić information content (AvgIpc) is 3.58. The van der Waals surface area contributed by atoms with Crippen molar-refractivity contribution in [2.75, 3.05) is 39.6 Å². The molecule has 0 saturated carbocycles. The van der Waals surface area contributed by atoms with E-state index in [1.54, 1.807) is 0 Å². The number of carbonyl (C=O) groups is 4. The normalized spacial score (nSPS) is 14.7. The molecule has 0 radical (unpaired) electrons. The van der Waals surface area contributed by atoms with Crippen molar-refractivity contribution in [3.8, 4) is 0 Å². The van der Waals surface area contributed by atoms with Gasteiger partial charge in [-0.05, 0) is 49.4 Å². The Morgan fingerprint density at radius 1 is 0.329 bits per heavy atom. The summed E-state index contributed by atoms with van der Waals surface area (Å²) in [6.45, 7) is 14.0. The molecular weight excluding hydrogens is 1130 g/mol. The lowest BCUT2D eigenvalue weighted by atomic mass is 10.00. The zero-order chi connectivity index (χ0) is 63.2. The zero-order valence-electron chi connectivity index (χ0n) is 55.2. The van der Waals surface area contributed by atoms with Crippen molar-refractivity contribution in [3.63, 3.8) is 0 Å². The van der Waals surface area contributed by atoms with E-state index in [0.29, 0.717) is 31.6 Å². The maximum atomic E-state index is 13.0. The first-order chi connectivity index (χ1) is 40.6. The van der Waals surface area contributed by atoms with Gasteiger partial charge in [-0.3, -0.25) is 37.3 Å². The molecule has 504 valence electrons. The Morgan fingerprint density at radius 2 is 0.565 bits per heavy atom. The Hall–Kier alpha value is -1.94. The van der Waals surface area contributed by atoms with Gasteiger partial charge in [0.25, 0.3) is 0 Å². The number of phosphoric ester groups is 2. The van der Waals surface area contributed by atoms with E-state index in [2.05, 4.69) is 55.4 Å². The van der Waals surface area contributed by atoms with Crippen LogP contribution in [-0.2, 0) is 65.4 Å². The fourth-order valence-corrected chi connectivity index (χ4v) is 11.3. The highest BCUT2D eigenvalue weighted by molar-refractivity contribution is 7.47. The third kappa shape index (κ3) is 59.5. The van der Waals surface area contributed by atoms with E-state index < -0.39 is 97.5 Å². The summed E-state index contributed by atoms with van der Waals surface area (Å²) in [6, 6.07) is 0. The van der Waals surface area contributed by atoms with Gasteiger partial charge in [0.2, 0.25) is 0 Å². The lowest BCUT2D eigenvalue weighted by Gasteiger charge is -2.21. The highest BCUT2D eigenvalue weighted by Crippen LogP contribution is 2.45. The lowest BCUT2D eigenvalue weighted by Crippen LogP contribution is -2.30. The van der Waals surface area contributed by atoms with Crippen LogP contribution in [0.4, 0.5) is 0 Å². The molecule has 0 aromatic heterocycles. The Kier molecular flexibility index (Phi) is 54.8. The van der Waals surface area contributed by atoms with E-state index in [9.17, 15) is 43.2 Å². The van der Waals surface area contributed by atoms with Crippen LogP contribution < -0.4 is 0 Å². The van der Waals surface area contributed by atoms with E-state index in [0.717, 1.165) is 114 Å². The SMILES string of the molecule is CCC(C)CCCCCCCCC(=O)O[C@H](COC(=O)CCCCCCCCCCCCC(C)C)COP(=O)(O)OC[C@@H](O)COP(=O)(O)OC[C@@H](COC(=O)CCCCCCCCC(C)C)OC(=O)CCCCCCCCCCCCC(C)C. The molecule has 19 heteroatoms. The third-order valence-corrected chi connectivity index (χ3v) is 17.3. The average molecular weight is 1260 g/mol. The topological polar surface area (TPSA) is 237 Å². The Labute approximate surface area is 517 Å². The minimum Gasteiger partial charge on any atom is -0.462 e. The third-order valence-electron chi connectivity index (χ3n) is 15.4. The number of esters is 4. The van der Waals surface area contributed by atoms with E-state index in [-0.39, 0.29) is 25.7 Å². The van der Waals surface area contributed by atoms with Gasteiger partial charge in [-0.2, -0.15) is 0 Å². The van der Waals surface area contributed by atoms with Crippen LogP contribution in [0.25, 0.3) is 0 Å². The number of unbranched alkanes of at least 4 members (excludes halogenated alkanes) is 28. The maximum Gasteiger partial charge on any atom is 0.472 e. The number of rotatable bonds is 63. The lowest BCUT2D eigenvalue weighted by molar-refractivity contribution is -0.161. The van der Waals surface area contributed by atoms with Gasteiger partial charge in [0.1, 0.15) is 19.3 Å². The molecule has 0 aromatic carbocycles. The molecule has 0 aliphatic heterocycles. The second-order valence-electron chi connectivity index (χ2n) is 25.5. The van der Waals surface area contributed by atoms with Crippen LogP contribution >= 0.6 is 15.6 Å². The van der Waals surface area contributed by atoms with Gasteiger partial charge in [-0.15, -0.1) is 0 Å². The van der Waals surface area contributed by atoms with Gasteiger partial charge in [-0.1, -0.05) is 267 Å². The van der Waals surface area contributed by atoms with E-state index in [4.69, 9.17) is 37.0 Å². The summed E-state index contributed by atoms with van der Waals surface area (Å²) in [6.07, 6.45) is 36.4. The molecule has 0 rings (SSSR count). The predicted molar refractivity (Wildman–Crippen MR) is 340 cm³/mol. The number of aliphatic hydroxyl groups is 1. The molecule has 0 aliphatic carbocycles. The number of hydrogen-bond donors (Lipinski definition) is 3. The Morgan fingerprint density at radius 3 is 0.835 bits per heavy atom. The summed E-state index contributed by atoms with van der Waals surface area (Å²) in [5.41, 5.74) is 0. The van der Waals surface area contributed by atoms with Gasteiger partial charge in [0.15, 0.2) is 12.2 Å². The highest BCUT2D eigenvalue weighted by Gasteiger charge is 2.30. The standard InChI is InChI=1S/C66H128O17P2/c1-9-59(8)45-37-29-23-25-33-41-49-66(71)83-62(52-76-63(68)46-38-30-20-16-12-10-14-18-26-34-42-56(2)3)55-81-85(74,75)79-51-60(67)50-78-84(72,73)80-54-61(53-77-64(69)47-39-31-24-22-28-36-44-58(6)7)82-65(70)48-40-32-21-17-13-11-15-19-27-35-43-57(4)5/h56-62,67H,9-55H2,1-8H3,(H,72,73)(H,74,75)/t59?,60-,61+,62+/m0/s1. The summed E-state index contributed by atoms with van der Waals surface area (Å²) in [5.74, 6) is 0.771. The number of aliphatic hydroxyl groups excluding tert-OH is 1. The van der Waals surface area contributed by atoms with Crippen molar-refractivity contribution in [1.82, 2.24) is 0 Å². The molecule has 0 fully saturated rings. The van der Waals surface area contributed by atoms with Crippen LogP contribution in [0.15, 0.2) is 0 Å². The van der Waals surface area contributed by atoms with Crippen molar-refractivity contribution in [2.45, 2.75) is 337 Å². The Balaban J connectivity index is 5.24. The van der Waals surface area contributed by atoms with Crippen LogP contribution in [0.3, 0.4) is 0 Å². The van der Waals surface area contributed by atoms with Crippen molar-refractivity contribution < 1.29 is 80.2 Å². The molecule has 3 N–H and O–H groups in total. The highest BCUT2D eigenvalue weighted by atomic mass is 31.2. The van der Waals surface area contributed by atoms with Gasteiger partial charge in [-0.25, -0.2) is 9.13 Å². The summed E-state index contributed by atoms with van der Waals surface area (Å²) in [5, 5.41) is 10.5. The Bertz CT molecular complexity index is 1700. The quantitative estimate of drug-likeness (QED) is 0.0222. The molecule has 0 spiro atoms. The first-order valence-corrected chi connectivity index (χ1v) is 37.2. The molecule has 85 heavy (non-hydrogen) atoms. The molecule has 0 saturated heterocycles.